The van der Waals surface area contributed by atoms with Gasteiger partial charge in [-0.15, -0.1) is 0 Å². The van der Waals surface area contributed by atoms with Crippen molar-refractivity contribution < 1.29 is 4.79 Å². The van der Waals surface area contributed by atoms with Gasteiger partial charge in [-0.05, 0) is 48.6 Å². The number of amides is 1. The van der Waals surface area contributed by atoms with E-state index < -0.39 is 11.1 Å². The lowest BCUT2D eigenvalue weighted by molar-refractivity contribution is -0.133. The van der Waals surface area contributed by atoms with E-state index in [1.807, 2.05) is 24.3 Å². The molecule has 2 aromatic carbocycles. The third-order valence-corrected chi connectivity index (χ3v) is 5.95. The third kappa shape index (κ3) is 4.05. The van der Waals surface area contributed by atoms with Crippen LogP contribution in [0.4, 0.5) is 0 Å². The van der Waals surface area contributed by atoms with Crippen LogP contribution in [0.2, 0.25) is 5.02 Å². The predicted octanol–water partition coefficient (Wildman–Crippen LogP) is 3.12. The van der Waals surface area contributed by atoms with Crippen molar-refractivity contribution in [2.75, 3.05) is 13.1 Å². The Morgan fingerprint density at radius 3 is 2.30 bits per heavy atom. The first-order valence-corrected chi connectivity index (χ1v) is 10.6. The number of carbonyl (C=O) groups is 1. The van der Waals surface area contributed by atoms with Crippen molar-refractivity contribution in [3.63, 3.8) is 0 Å². The number of halogens is 1. The van der Waals surface area contributed by atoms with Gasteiger partial charge in [-0.25, -0.2) is 0 Å². The molecule has 1 unspecified atom stereocenters. The van der Waals surface area contributed by atoms with Crippen LogP contribution in [0.3, 0.4) is 0 Å². The van der Waals surface area contributed by atoms with Crippen molar-refractivity contribution >= 4 is 28.5 Å². The minimum Gasteiger partial charge on any atom is -0.341 e. The summed E-state index contributed by atoms with van der Waals surface area (Å²) < 4.78 is 2.78. The lowest BCUT2D eigenvalue weighted by atomic mass is 10.0. The standard InChI is InChI=1S/C23H24ClN3O3/c1-16-5-4-12-25(13-16)21(28)15-27-20-7-3-2-6-19(20)26(22(29)23(27)30)14-17-8-10-18(24)11-9-17/h2-3,6-11,16H,4-5,12-15H2,1H3. The number of hydrogen-bond donors (Lipinski definition) is 0. The van der Waals surface area contributed by atoms with Gasteiger partial charge in [-0.1, -0.05) is 42.8 Å². The molecule has 1 aliphatic heterocycles. The number of piperidine rings is 1. The molecule has 30 heavy (non-hydrogen) atoms. The second kappa shape index (κ2) is 8.48. The molecule has 2 heterocycles. The van der Waals surface area contributed by atoms with E-state index in [2.05, 4.69) is 6.92 Å². The molecule has 0 N–H and O–H groups in total. The molecule has 1 atom stereocenters. The summed E-state index contributed by atoms with van der Waals surface area (Å²) >= 11 is 5.95. The zero-order valence-corrected chi connectivity index (χ0v) is 17.6. The molecule has 4 rings (SSSR count). The first kappa shape index (κ1) is 20.4. The molecule has 1 saturated heterocycles. The SMILES string of the molecule is CC1CCCN(C(=O)Cn2c(=O)c(=O)n(Cc3ccc(Cl)cc3)c3ccccc32)C1. The van der Waals surface area contributed by atoms with E-state index in [0.29, 0.717) is 35.1 Å². The minimum atomic E-state index is -0.680. The number of hydrogen-bond acceptors (Lipinski definition) is 3. The molecule has 1 aromatic heterocycles. The minimum absolute atomic E-state index is 0.122. The van der Waals surface area contributed by atoms with Gasteiger partial charge in [-0.2, -0.15) is 0 Å². The van der Waals surface area contributed by atoms with Crippen molar-refractivity contribution in [3.8, 4) is 0 Å². The Hall–Kier alpha value is -2.86. The van der Waals surface area contributed by atoms with E-state index in [9.17, 15) is 14.4 Å². The van der Waals surface area contributed by atoms with E-state index in [1.165, 1.54) is 9.13 Å². The molecule has 0 radical (unpaired) electrons. The number of nitrogens with zero attached hydrogens (tertiary/aromatic N) is 3. The van der Waals surface area contributed by atoms with Crippen molar-refractivity contribution in [2.45, 2.75) is 32.9 Å². The van der Waals surface area contributed by atoms with Gasteiger partial charge in [0.2, 0.25) is 5.91 Å². The Balaban J connectivity index is 1.74. The molecule has 1 fully saturated rings. The topological polar surface area (TPSA) is 64.3 Å². The number of benzene rings is 2. The van der Waals surface area contributed by atoms with Crippen LogP contribution in [0, 0.1) is 5.92 Å². The van der Waals surface area contributed by atoms with Gasteiger partial charge in [0.05, 0.1) is 17.6 Å². The normalized spacial score (nSPS) is 16.7. The quantitative estimate of drug-likeness (QED) is 0.603. The highest BCUT2D eigenvalue weighted by atomic mass is 35.5. The van der Waals surface area contributed by atoms with Gasteiger partial charge in [0.25, 0.3) is 0 Å². The number of fused-ring (bicyclic) bond motifs is 1. The fraction of sp³-hybridized carbons (Fsp3) is 0.348. The first-order valence-electron chi connectivity index (χ1n) is 10.2. The number of likely N-dealkylation sites (tertiary alicyclic amines) is 1. The second-order valence-corrected chi connectivity index (χ2v) is 8.42. The molecule has 0 bridgehead atoms. The third-order valence-electron chi connectivity index (χ3n) is 5.69. The molecule has 1 aliphatic rings. The molecule has 0 spiro atoms. The molecule has 156 valence electrons. The highest BCUT2D eigenvalue weighted by Crippen LogP contribution is 2.17. The fourth-order valence-electron chi connectivity index (χ4n) is 4.11. The zero-order valence-electron chi connectivity index (χ0n) is 16.9. The lowest BCUT2D eigenvalue weighted by Crippen LogP contribution is -2.46. The van der Waals surface area contributed by atoms with E-state index in [4.69, 9.17) is 11.6 Å². The van der Waals surface area contributed by atoms with Gasteiger partial charge in [-0.3, -0.25) is 23.5 Å². The van der Waals surface area contributed by atoms with Crippen molar-refractivity contribution in [1.82, 2.24) is 14.0 Å². The maximum atomic E-state index is 13.0. The summed E-state index contributed by atoms with van der Waals surface area (Å²) in [6.45, 7) is 3.65. The largest absolute Gasteiger partial charge is 0.341 e. The molecule has 6 nitrogen and oxygen atoms in total. The molecule has 1 amide bonds. The van der Waals surface area contributed by atoms with E-state index in [1.54, 1.807) is 29.2 Å². The predicted molar refractivity (Wildman–Crippen MR) is 118 cm³/mol. The van der Waals surface area contributed by atoms with Gasteiger partial charge < -0.3 is 4.90 Å². The Kier molecular flexibility index (Phi) is 5.77. The average molecular weight is 426 g/mol. The maximum absolute atomic E-state index is 13.0. The van der Waals surface area contributed by atoms with Crippen LogP contribution >= 0.6 is 11.6 Å². The number of rotatable bonds is 4. The van der Waals surface area contributed by atoms with E-state index >= 15 is 0 Å². The van der Waals surface area contributed by atoms with Crippen molar-refractivity contribution in [1.29, 1.82) is 0 Å². The number of aromatic nitrogens is 2. The van der Waals surface area contributed by atoms with Crippen LogP contribution in [0.25, 0.3) is 11.0 Å². The van der Waals surface area contributed by atoms with E-state index in [0.717, 1.165) is 18.4 Å². The summed E-state index contributed by atoms with van der Waals surface area (Å²) in [6.07, 6.45) is 2.07. The van der Waals surface area contributed by atoms with Gasteiger partial charge in [0.1, 0.15) is 6.54 Å². The van der Waals surface area contributed by atoms with Crippen molar-refractivity contribution in [2.24, 2.45) is 5.92 Å². The molecule has 0 saturated carbocycles. The fourth-order valence-corrected chi connectivity index (χ4v) is 4.23. The molecule has 7 heteroatoms. The Morgan fingerprint density at radius 1 is 1.00 bits per heavy atom. The smallest absolute Gasteiger partial charge is 0.317 e. The summed E-state index contributed by atoms with van der Waals surface area (Å²) in [6, 6.07) is 14.4. The summed E-state index contributed by atoms with van der Waals surface area (Å²) in [5.41, 5.74) is 0.748. The number of carbonyl (C=O) groups excluding carboxylic acids is 1. The monoisotopic (exact) mass is 425 g/mol. The molecule has 0 aliphatic carbocycles. The van der Waals surface area contributed by atoms with Crippen LogP contribution < -0.4 is 11.1 Å². The van der Waals surface area contributed by atoms with Gasteiger partial charge in [0.15, 0.2) is 0 Å². The number of para-hydroxylation sites is 2. The average Bonchev–Trinajstić information content (AvgIpc) is 2.75. The summed E-state index contributed by atoms with van der Waals surface area (Å²) in [5, 5.41) is 0.608. The van der Waals surface area contributed by atoms with Crippen molar-refractivity contribution in [3.05, 3.63) is 79.8 Å². The summed E-state index contributed by atoms with van der Waals surface area (Å²) in [5.74, 6) is 0.326. The summed E-state index contributed by atoms with van der Waals surface area (Å²) in [7, 11) is 0. The lowest BCUT2D eigenvalue weighted by Gasteiger charge is -2.31. The Morgan fingerprint density at radius 2 is 1.63 bits per heavy atom. The molecular weight excluding hydrogens is 402 g/mol. The van der Waals surface area contributed by atoms with Crippen LogP contribution in [0.5, 0.6) is 0 Å². The first-order chi connectivity index (χ1) is 14.4. The van der Waals surface area contributed by atoms with Crippen LogP contribution in [-0.4, -0.2) is 33.0 Å². The Bertz CT molecular complexity index is 1200. The molecular formula is C23H24ClN3O3. The zero-order chi connectivity index (χ0) is 21.3. The van der Waals surface area contributed by atoms with Gasteiger partial charge >= 0.3 is 11.1 Å². The molecule has 3 aromatic rings. The second-order valence-electron chi connectivity index (χ2n) is 7.98. The highest BCUT2D eigenvalue weighted by molar-refractivity contribution is 6.30. The van der Waals surface area contributed by atoms with Crippen LogP contribution in [-0.2, 0) is 17.9 Å². The Labute approximate surface area is 179 Å². The van der Waals surface area contributed by atoms with Crippen LogP contribution in [0.1, 0.15) is 25.3 Å². The summed E-state index contributed by atoms with van der Waals surface area (Å²) in [4.78, 5) is 40.6. The van der Waals surface area contributed by atoms with E-state index in [-0.39, 0.29) is 19.0 Å². The highest BCUT2D eigenvalue weighted by Gasteiger charge is 2.23. The maximum Gasteiger partial charge on any atom is 0.317 e. The van der Waals surface area contributed by atoms with Crippen LogP contribution in [0.15, 0.2) is 58.1 Å². The van der Waals surface area contributed by atoms with Gasteiger partial charge in [0, 0.05) is 18.1 Å².